The van der Waals surface area contributed by atoms with Crippen LogP contribution in [-0.2, 0) is 23.7 Å². The second-order valence-corrected chi connectivity index (χ2v) is 13.8. The number of cyclic esters (lactones) is 1. The van der Waals surface area contributed by atoms with Crippen LogP contribution in [0.25, 0.3) is 0 Å². The van der Waals surface area contributed by atoms with Gasteiger partial charge >= 0.3 is 5.97 Å². The van der Waals surface area contributed by atoms with E-state index in [1.54, 1.807) is 7.11 Å². The first-order chi connectivity index (χ1) is 20.4. The molecule has 9 heteroatoms. The van der Waals surface area contributed by atoms with Crippen molar-refractivity contribution in [2.45, 2.75) is 117 Å². The van der Waals surface area contributed by atoms with Crippen LogP contribution in [-0.4, -0.2) is 74.5 Å². The SMILES string of the molecule is COc1ccc(/N=C2/O[C@H]3[C@H](OC4OC(=O)C(C)CC(C)CC(C)CC(C)CNC(C)CC4C)O[C@H](C)C[C@@H]3N2C)cc1. The van der Waals surface area contributed by atoms with Gasteiger partial charge in [0.05, 0.1) is 30.9 Å². The van der Waals surface area contributed by atoms with E-state index in [1.165, 1.54) is 6.42 Å². The van der Waals surface area contributed by atoms with E-state index in [-0.39, 0.29) is 36.0 Å². The fourth-order valence-electron chi connectivity index (χ4n) is 7.00. The van der Waals surface area contributed by atoms with Crippen molar-refractivity contribution in [2.24, 2.45) is 34.6 Å². The van der Waals surface area contributed by atoms with Gasteiger partial charge in [0.25, 0.3) is 6.02 Å². The Bertz CT molecular complexity index is 1070. The first kappa shape index (κ1) is 33.5. The molecule has 3 aliphatic heterocycles. The number of nitrogens with zero attached hydrogens (tertiary/aromatic N) is 2. The van der Waals surface area contributed by atoms with Gasteiger partial charge in [0, 0.05) is 19.0 Å². The topological polar surface area (TPSA) is 90.8 Å². The molecule has 0 bridgehead atoms. The highest BCUT2D eigenvalue weighted by molar-refractivity contribution is 5.79. The summed E-state index contributed by atoms with van der Waals surface area (Å²) in [6.07, 6.45) is 2.72. The van der Waals surface area contributed by atoms with Crippen LogP contribution >= 0.6 is 0 Å². The van der Waals surface area contributed by atoms with E-state index < -0.39 is 18.7 Å². The largest absolute Gasteiger partial charge is 0.497 e. The van der Waals surface area contributed by atoms with Crippen molar-refractivity contribution in [3.63, 3.8) is 0 Å². The van der Waals surface area contributed by atoms with Crippen molar-refractivity contribution in [2.75, 3.05) is 20.7 Å². The Morgan fingerprint density at radius 1 is 0.860 bits per heavy atom. The fourth-order valence-corrected chi connectivity index (χ4v) is 7.00. The Labute approximate surface area is 259 Å². The molecule has 1 aromatic carbocycles. The minimum Gasteiger partial charge on any atom is -0.497 e. The number of ether oxygens (including phenoxy) is 5. The molecule has 4 rings (SSSR count). The van der Waals surface area contributed by atoms with E-state index in [0.717, 1.165) is 43.7 Å². The molecule has 3 fully saturated rings. The average Bonchev–Trinajstić information content (AvgIpc) is 3.25. The molecule has 7 unspecified atom stereocenters. The highest BCUT2D eigenvalue weighted by atomic mass is 16.8. The van der Waals surface area contributed by atoms with E-state index in [4.69, 9.17) is 28.7 Å². The Morgan fingerprint density at radius 2 is 1.53 bits per heavy atom. The number of methoxy groups -OCH3 is 1. The first-order valence-electron chi connectivity index (χ1n) is 16.3. The van der Waals surface area contributed by atoms with Crippen LogP contribution in [0.2, 0.25) is 0 Å². The second kappa shape index (κ2) is 15.1. The molecule has 0 radical (unpaired) electrons. The summed E-state index contributed by atoms with van der Waals surface area (Å²) >= 11 is 0. The summed E-state index contributed by atoms with van der Waals surface area (Å²) in [6.45, 7) is 16.2. The number of nitrogens with one attached hydrogen (secondary N) is 1. The van der Waals surface area contributed by atoms with Gasteiger partial charge in [-0.15, -0.1) is 0 Å². The molecule has 0 aliphatic carbocycles. The molecule has 0 aromatic heterocycles. The summed E-state index contributed by atoms with van der Waals surface area (Å²) < 4.78 is 30.8. The number of rotatable bonds is 4. The molecule has 43 heavy (non-hydrogen) atoms. The predicted octanol–water partition coefficient (Wildman–Crippen LogP) is 6.14. The maximum Gasteiger partial charge on any atom is 0.310 e. The average molecular weight is 602 g/mol. The molecule has 0 amide bonds. The molecular weight excluding hydrogens is 546 g/mol. The van der Waals surface area contributed by atoms with Crippen LogP contribution < -0.4 is 10.1 Å². The summed E-state index contributed by atoms with van der Waals surface area (Å²) in [4.78, 5) is 20.3. The maximum atomic E-state index is 13.4. The van der Waals surface area contributed by atoms with Gasteiger partial charge in [0.15, 0.2) is 6.10 Å². The Balaban J connectivity index is 1.53. The van der Waals surface area contributed by atoms with Gasteiger partial charge in [-0.1, -0.05) is 34.6 Å². The van der Waals surface area contributed by atoms with E-state index >= 15 is 0 Å². The molecular formula is C34H55N3O6. The normalized spacial score (nSPS) is 39.3. The first-order valence-corrected chi connectivity index (χ1v) is 16.3. The number of hydrogen-bond acceptors (Lipinski definition) is 8. The summed E-state index contributed by atoms with van der Waals surface area (Å²) in [6, 6.07) is 8.33. The zero-order valence-electron chi connectivity index (χ0n) is 27.7. The van der Waals surface area contributed by atoms with Gasteiger partial charge in [-0.25, -0.2) is 0 Å². The summed E-state index contributed by atoms with van der Waals surface area (Å²) in [5.74, 6) is 1.93. The van der Waals surface area contributed by atoms with Gasteiger partial charge < -0.3 is 33.9 Å². The molecule has 3 aliphatic rings. The zero-order chi connectivity index (χ0) is 31.3. The molecule has 3 saturated heterocycles. The summed E-state index contributed by atoms with van der Waals surface area (Å²) in [5, 5.41) is 3.71. The molecule has 0 spiro atoms. The van der Waals surface area contributed by atoms with Crippen molar-refractivity contribution in [1.29, 1.82) is 0 Å². The van der Waals surface area contributed by atoms with E-state index in [9.17, 15) is 4.79 Å². The summed E-state index contributed by atoms with van der Waals surface area (Å²) in [5.41, 5.74) is 0.769. The molecule has 1 aromatic rings. The Hall–Kier alpha value is -2.36. The van der Waals surface area contributed by atoms with E-state index in [0.29, 0.717) is 23.8 Å². The lowest BCUT2D eigenvalue weighted by molar-refractivity contribution is -0.301. The number of carbonyl (C=O) groups is 1. The molecule has 3 heterocycles. The molecule has 11 atom stereocenters. The third-order valence-corrected chi connectivity index (χ3v) is 9.20. The van der Waals surface area contributed by atoms with Crippen LogP contribution in [0.1, 0.15) is 80.6 Å². The van der Waals surface area contributed by atoms with Gasteiger partial charge in [0.1, 0.15) is 5.75 Å². The van der Waals surface area contributed by atoms with Crippen LogP contribution in [0.15, 0.2) is 29.3 Å². The lowest BCUT2D eigenvalue weighted by Gasteiger charge is -2.39. The minimum atomic E-state index is -0.761. The number of esters is 1. The number of aliphatic imine (C=N–C) groups is 1. The maximum absolute atomic E-state index is 13.4. The monoisotopic (exact) mass is 601 g/mol. The van der Waals surface area contributed by atoms with Gasteiger partial charge in [-0.2, -0.15) is 4.99 Å². The number of benzene rings is 1. The third-order valence-electron chi connectivity index (χ3n) is 9.20. The van der Waals surface area contributed by atoms with Crippen molar-refractivity contribution >= 4 is 17.7 Å². The zero-order valence-corrected chi connectivity index (χ0v) is 27.7. The number of hydrogen-bond donors (Lipinski definition) is 1. The van der Waals surface area contributed by atoms with Gasteiger partial charge in [0.2, 0.25) is 12.6 Å². The number of likely N-dealkylation sites (N-methyl/N-ethyl adjacent to an activating group) is 1. The summed E-state index contributed by atoms with van der Waals surface area (Å²) in [7, 11) is 3.64. The van der Waals surface area contributed by atoms with Crippen LogP contribution in [0.3, 0.4) is 0 Å². The van der Waals surface area contributed by atoms with Crippen molar-refractivity contribution in [3.05, 3.63) is 24.3 Å². The minimum absolute atomic E-state index is 0.0165. The number of fused-ring (bicyclic) bond motifs is 1. The Kier molecular flexibility index (Phi) is 11.8. The van der Waals surface area contributed by atoms with Crippen LogP contribution in [0.5, 0.6) is 5.75 Å². The highest BCUT2D eigenvalue weighted by Gasteiger charge is 2.50. The highest BCUT2D eigenvalue weighted by Crippen LogP contribution is 2.35. The Morgan fingerprint density at radius 3 is 2.23 bits per heavy atom. The van der Waals surface area contributed by atoms with Crippen LogP contribution in [0, 0.1) is 29.6 Å². The van der Waals surface area contributed by atoms with Crippen molar-refractivity contribution in [3.8, 4) is 5.75 Å². The number of amidine groups is 1. The molecule has 9 nitrogen and oxygen atoms in total. The van der Waals surface area contributed by atoms with E-state index in [2.05, 4.69) is 44.8 Å². The van der Waals surface area contributed by atoms with Crippen molar-refractivity contribution < 1.29 is 28.5 Å². The smallest absolute Gasteiger partial charge is 0.310 e. The standard InChI is InChI=1S/C34H55N3O6/c1-20-14-21(2)16-23(4)31(38)42-32(24(5)17-25(6)35-19-22(3)15-20)43-33-30-29(18-26(7)40-33)37(8)34(41-30)36-27-10-12-28(39-9)13-11-27/h10-13,20-26,29-30,32-33,35H,14-19H2,1-9H3/b36-34+/t20?,21?,22?,23?,24?,25?,26-,29+,30-,32?,33+/m1/s1. The van der Waals surface area contributed by atoms with Crippen LogP contribution in [0.4, 0.5) is 5.69 Å². The molecule has 1 N–H and O–H groups in total. The van der Waals surface area contributed by atoms with Gasteiger partial charge in [-0.05, 0) is 94.5 Å². The quantitative estimate of drug-likeness (QED) is 0.412. The third kappa shape index (κ3) is 9.08. The van der Waals surface area contributed by atoms with E-state index in [1.807, 2.05) is 45.2 Å². The predicted molar refractivity (Wildman–Crippen MR) is 168 cm³/mol. The molecule has 0 saturated carbocycles. The molecule has 242 valence electrons. The van der Waals surface area contributed by atoms with Gasteiger partial charge in [-0.3, -0.25) is 4.79 Å². The second-order valence-electron chi connectivity index (χ2n) is 13.8. The number of carbonyl (C=O) groups excluding carboxylic acids is 1. The van der Waals surface area contributed by atoms with Crippen molar-refractivity contribution in [1.82, 2.24) is 10.2 Å². The fraction of sp³-hybridized carbons (Fsp3) is 0.765. The lowest BCUT2D eigenvalue weighted by Crippen LogP contribution is -2.52. The lowest BCUT2D eigenvalue weighted by atomic mass is 9.85.